The van der Waals surface area contributed by atoms with Gasteiger partial charge in [-0.25, -0.2) is 8.42 Å². The third-order valence-electron chi connectivity index (χ3n) is 14.6. The lowest BCUT2D eigenvalue weighted by atomic mass is 9.73. The van der Waals surface area contributed by atoms with Gasteiger partial charge in [-0.05, 0) is 136 Å². The summed E-state index contributed by atoms with van der Waals surface area (Å²) in [5, 5.41) is 12.2. The summed E-state index contributed by atoms with van der Waals surface area (Å²) in [5.41, 5.74) is 13.4. The first kappa shape index (κ1) is 71.6. The van der Waals surface area contributed by atoms with Crippen molar-refractivity contribution in [2.24, 2.45) is 23.5 Å². The maximum atomic E-state index is 11.2. The van der Waals surface area contributed by atoms with E-state index in [0.717, 1.165) is 82.8 Å². The summed E-state index contributed by atoms with van der Waals surface area (Å²) in [4.78, 5) is 0. The monoisotopic (exact) mass is 1250 g/mol. The van der Waals surface area contributed by atoms with E-state index in [0.29, 0.717) is 48.3 Å². The quantitative estimate of drug-likeness (QED) is 0.0538. The number of aliphatic hydroxyl groups excluding tert-OH is 1. The number of hydrogen-bond donors (Lipinski definition) is 3. The van der Waals surface area contributed by atoms with Gasteiger partial charge in [-0.3, -0.25) is 12.5 Å². The van der Waals surface area contributed by atoms with Gasteiger partial charge in [-0.15, -0.1) is 0 Å². The van der Waals surface area contributed by atoms with Crippen LogP contribution in [0.25, 0.3) is 0 Å². The molecule has 462 valence electrons. The Labute approximate surface area is 507 Å². The van der Waals surface area contributed by atoms with Gasteiger partial charge in [-0.2, -0.15) is 25.3 Å². The zero-order valence-electron chi connectivity index (χ0n) is 48.5. The van der Waals surface area contributed by atoms with Crippen LogP contribution >= 0.6 is 10.7 Å². The fraction of sp³-hybridized carbons (Fsp3) is 0.446. The number of benzene rings is 6. The van der Waals surface area contributed by atoms with Crippen LogP contribution in [0, 0.1) is 17.8 Å². The molecule has 19 heteroatoms. The third kappa shape index (κ3) is 28.1. The topological polar surface area (TPSA) is 223 Å². The highest BCUT2D eigenvalue weighted by Gasteiger charge is 2.36. The minimum atomic E-state index is -3.34. The molecule has 84 heavy (non-hydrogen) atoms. The van der Waals surface area contributed by atoms with Gasteiger partial charge in [0.2, 0.25) is 9.05 Å². The highest BCUT2D eigenvalue weighted by molar-refractivity contribution is 8.13. The number of aliphatic hydroxyl groups is 1. The molecule has 0 unspecified atom stereocenters. The molecule has 4 fully saturated rings. The zero-order chi connectivity index (χ0) is 60.6. The van der Waals surface area contributed by atoms with Crippen molar-refractivity contribution < 1.29 is 51.3 Å². The average molecular weight is 1250 g/mol. The van der Waals surface area contributed by atoms with E-state index in [2.05, 4.69) is 178 Å². The number of nitrogens with one attached hydrogen (secondary N) is 1. The number of nitrogens with two attached hydrogens (primary N) is 1. The molecule has 0 atom stereocenters. The minimum absolute atomic E-state index is 0. The molecule has 4 aliphatic carbocycles. The van der Waals surface area contributed by atoms with E-state index < -0.39 is 39.4 Å². The predicted octanol–water partition coefficient (Wildman–Crippen LogP) is 12.0. The van der Waals surface area contributed by atoms with Crippen LogP contribution in [0.5, 0.6) is 0 Å². The van der Waals surface area contributed by atoms with Crippen LogP contribution in [0.3, 0.4) is 0 Å². The molecular formula is C65H89ClN2O12S4. The first-order valence-electron chi connectivity index (χ1n) is 28.1. The van der Waals surface area contributed by atoms with Gasteiger partial charge in [0.05, 0.1) is 49.4 Å². The summed E-state index contributed by atoms with van der Waals surface area (Å²) >= 11 is 0. The van der Waals surface area contributed by atoms with Crippen molar-refractivity contribution in [3.8, 4) is 0 Å². The maximum absolute atomic E-state index is 11.2. The molecule has 0 aliphatic heterocycles. The summed E-state index contributed by atoms with van der Waals surface area (Å²) in [6, 6.07) is 63.6. The number of halogens is 1. The molecule has 6 aromatic carbocycles. The number of hydrogen-bond acceptors (Lipinski definition) is 14. The second kappa shape index (κ2) is 35.1. The summed E-state index contributed by atoms with van der Waals surface area (Å²) < 4.78 is 99.3. The summed E-state index contributed by atoms with van der Waals surface area (Å²) in [5.74, 6) is 2.84. The molecule has 4 aliphatic rings. The maximum Gasteiger partial charge on any atom is 0.264 e. The van der Waals surface area contributed by atoms with E-state index in [-0.39, 0.29) is 37.9 Å². The zero-order valence-corrected chi connectivity index (χ0v) is 52.5. The lowest BCUT2D eigenvalue weighted by molar-refractivity contribution is 0.0374. The van der Waals surface area contributed by atoms with Gasteiger partial charge in [0, 0.05) is 34.5 Å². The number of rotatable bonds is 18. The van der Waals surface area contributed by atoms with Gasteiger partial charge in [0.15, 0.2) is 0 Å². The van der Waals surface area contributed by atoms with Gasteiger partial charge in [0.1, 0.15) is 0 Å². The normalized spacial score (nSPS) is 21.5. The van der Waals surface area contributed by atoms with Crippen molar-refractivity contribution >= 4 is 50.1 Å². The van der Waals surface area contributed by atoms with Gasteiger partial charge in [0.25, 0.3) is 30.4 Å². The SMILES string of the molecule is C.CNC.CS(=O)(=O)Cl.CS(=O)(=O)OC1CC(CC(c2ccccc2)c2ccccc2)C1.CS(=O)(=O)OC1CC(CC(c2ccccc2)c2ccccc2)C1.CS(=O)(=O)OC1CC(N)C1.OC1CC(CC(c2ccccc2)c2ccccc2)C1. The van der Waals surface area contributed by atoms with Crippen LogP contribution in [0.2, 0.25) is 0 Å². The third-order valence-corrected chi connectivity index (χ3v) is 16.4. The average Bonchev–Trinajstić information content (AvgIpc) is 3.59. The second-order valence-electron chi connectivity index (χ2n) is 22.2. The molecule has 0 bridgehead atoms. The first-order valence-corrected chi connectivity index (χ1v) is 36.3. The first-order chi connectivity index (χ1) is 39.2. The van der Waals surface area contributed by atoms with Gasteiger partial charge in [-0.1, -0.05) is 189 Å². The van der Waals surface area contributed by atoms with E-state index in [1.165, 1.54) is 33.4 Å². The summed E-state index contributed by atoms with van der Waals surface area (Å²) in [6.45, 7) is 0. The Kier molecular flexibility index (Phi) is 29.9. The van der Waals surface area contributed by atoms with Gasteiger partial charge >= 0.3 is 0 Å². The second-order valence-corrected chi connectivity index (χ2v) is 30.0. The van der Waals surface area contributed by atoms with Crippen LogP contribution in [-0.4, -0.2) is 108 Å². The molecule has 10 rings (SSSR count). The lowest BCUT2D eigenvalue weighted by Crippen LogP contribution is -2.42. The molecule has 4 N–H and O–H groups in total. The van der Waals surface area contributed by atoms with Crippen molar-refractivity contribution in [1.29, 1.82) is 0 Å². The molecule has 0 heterocycles. The van der Waals surface area contributed by atoms with Crippen LogP contribution < -0.4 is 11.1 Å². The Bertz CT molecular complexity index is 2970. The molecule has 6 aromatic rings. The van der Waals surface area contributed by atoms with Crippen LogP contribution in [0.4, 0.5) is 0 Å². The fourth-order valence-electron chi connectivity index (χ4n) is 10.7. The largest absolute Gasteiger partial charge is 0.393 e. The molecule has 0 radical (unpaired) electrons. The molecule has 0 aromatic heterocycles. The van der Waals surface area contributed by atoms with Gasteiger partial charge < -0.3 is 16.2 Å². The Hall–Kier alpha value is -4.83. The molecule has 0 saturated heterocycles. The molecular weight excluding hydrogens is 1160 g/mol. The Balaban J connectivity index is 0.000000235. The Morgan fingerprint density at radius 3 is 0.762 bits per heavy atom. The van der Waals surface area contributed by atoms with Crippen molar-refractivity contribution in [1.82, 2.24) is 5.32 Å². The Morgan fingerprint density at radius 1 is 0.417 bits per heavy atom. The summed E-state index contributed by atoms with van der Waals surface area (Å²) in [7, 11) is -4.89. The highest BCUT2D eigenvalue weighted by atomic mass is 35.7. The van der Waals surface area contributed by atoms with E-state index >= 15 is 0 Å². The smallest absolute Gasteiger partial charge is 0.264 e. The van der Waals surface area contributed by atoms with Crippen LogP contribution in [0.1, 0.15) is 129 Å². The summed E-state index contributed by atoms with van der Waals surface area (Å²) in [6.07, 6.45) is 13.5. The van der Waals surface area contributed by atoms with Crippen LogP contribution in [-0.2, 0) is 52.0 Å². The van der Waals surface area contributed by atoms with E-state index in [1.54, 1.807) is 0 Å². The minimum Gasteiger partial charge on any atom is -0.393 e. The predicted molar refractivity (Wildman–Crippen MR) is 341 cm³/mol. The van der Waals surface area contributed by atoms with Crippen molar-refractivity contribution in [3.05, 3.63) is 215 Å². The van der Waals surface area contributed by atoms with E-state index in [9.17, 15) is 38.8 Å². The lowest BCUT2D eigenvalue weighted by Gasteiger charge is -2.36. The Morgan fingerprint density at radius 2 is 0.595 bits per heavy atom. The standard InChI is InChI=1S/2C19H22O3S.C18H20O.C5H11NO3S.C2H7N.CH3ClO2S.CH4/c2*1-23(20,21)22-18-12-15(13-18)14-19(16-8-4-2-5-9-16)17-10-6-3-7-11-17;19-17-11-14(12-17)13-18(15-7-3-1-4-8-15)16-9-5-2-6-10-16;1-10(7,8)9-5-2-4(6)3-5;1-3-2;1-5(2,3)4;/h2*2-11,15,18-19H,12-14H2,1H3;1-10,14,17-19H,11-13H2;4-5H,2-3,6H2,1H3;3H,1-2H3;1H3;1H4. The van der Waals surface area contributed by atoms with Crippen molar-refractivity contribution in [3.63, 3.8) is 0 Å². The van der Waals surface area contributed by atoms with Crippen LogP contribution in [0.15, 0.2) is 182 Å². The van der Waals surface area contributed by atoms with E-state index in [1.807, 2.05) is 38.4 Å². The highest BCUT2D eigenvalue weighted by Crippen LogP contribution is 2.43. The molecule has 14 nitrogen and oxygen atoms in total. The van der Waals surface area contributed by atoms with Crippen molar-refractivity contribution in [2.45, 2.75) is 126 Å². The van der Waals surface area contributed by atoms with E-state index in [4.69, 9.17) is 14.1 Å². The fourth-order valence-corrected chi connectivity index (χ4v) is 12.7. The van der Waals surface area contributed by atoms with Crippen molar-refractivity contribution in [2.75, 3.05) is 39.1 Å². The molecule has 0 spiro atoms. The molecule has 4 saturated carbocycles. The molecule has 0 amide bonds.